The molecule has 0 spiro atoms. The first-order valence-corrected chi connectivity index (χ1v) is 9.75. The molecule has 4 N–H and O–H groups in total. The summed E-state index contributed by atoms with van der Waals surface area (Å²) >= 11 is 0. The standard InChI is InChI=1S/C17H23N5O4S/c1-11-6-12(2)17(13(3)7-11)27(25,26)20-5-4-16(24)21-14-8-19-22(9-14)10-15(18)23/h6-9,20H,4-5,10H2,1-3H3,(H2,18,23)(H,21,24). The minimum atomic E-state index is -3.71. The fourth-order valence-corrected chi connectivity index (χ4v) is 4.34. The van der Waals surface area contributed by atoms with Crippen LogP contribution in [0.2, 0.25) is 0 Å². The average molecular weight is 393 g/mol. The third-order valence-electron chi connectivity index (χ3n) is 3.75. The quantitative estimate of drug-likeness (QED) is 0.603. The van der Waals surface area contributed by atoms with Crippen molar-refractivity contribution < 1.29 is 18.0 Å². The Hall–Kier alpha value is -2.72. The number of nitrogens with zero attached hydrogens (tertiary/aromatic N) is 2. The maximum atomic E-state index is 12.5. The van der Waals surface area contributed by atoms with Gasteiger partial charge in [-0.3, -0.25) is 14.3 Å². The topological polar surface area (TPSA) is 136 Å². The van der Waals surface area contributed by atoms with E-state index in [9.17, 15) is 18.0 Å². The number of aryl methyl sites for hydroxylation is 3. The summed E-state index contributed by atoms with van der Waals surface area (Å²) in [5.41, 5.74) is 7.77. The van der Waals surface area contributed by atoms with Gasteiger partial charge in [0.2, 0.25) is 21.8 Å². The summed E-state index contributed by atoms with van der Waals surface area (Å²) in [5, 5.41) is 6.47. The molecule has 1 aromatic carbocycles. The van der Waals surface area contributed by atoms with Gasteiger partial charge in [-0.15, -0.1) is 0 Å². The first-order chi connectivity index (χ1) is 12.6. The van der Waals surface area contributed by atoms with Gasteiger partial charge in [0.05, 0.1) is 16.8 Å². The lowest BCUT2D eigenvalue weighted by atomic mass is 10.1. The second-order valence-corrected chi connectivity index (χ2v) is 8.02. The van der Waals surface area contributed by atoms with Crippen LogP contribution in [0.4, 0.5) is 5.69 Å². The van der Waals surface area contributed by atoms with E-state index in [1.807, 2.05) is 6.92 Å². The minimum absolute atomic E-state index is 0.0453. The van der Waals surface area contributed by atoms with Crippen LogP contribution in [-0.2, 0) is 26.2 Å². The molecule has 0 aliphatic heterocycles. The zero-order valence-corrected chi connectivity index (χ0v) is 16.3. The van der Waals surface area contributed by atoms with Crippen molar-refractivity contribution in [2.24, 2.45) is 5.73 Å². The number of amides is 2. The molecule has 9 nitrogen and oxygen atoms in total. The fourth-order valence-electron chi connectivity index (χ4n) is 2.86. The molecule has 1 heterocycles. The Morgan fingerprint density at radius 2 is 1.81 bits per heavy atom. The van der Waals surface area contributed by atoms with Gasteiger partial charge < -0.3 is 11.1 Å². The molecule has 0 bridgehead atoms. The van der Waals surface area contributed by atoms with E-state index in [4.69, 9.17) is 5.73 Å². The molecule has 0 fully saturated rings. The van der Waals surface area contributed by atoms with E-state index >= 15 is 0 Å². The van der Waals surface area contributed by atoms with Crippen molar-refractivity contribution in [1.82, 2.24) is 14.5 Å². The molecule has 2 rings (SSSR count). The van der Waals surface area contributed by atoms with Crippen molar-refractivity contribution in [3.05, 3.63) is 41.2 Å². The molecule has 0 aliphatic rings. The number of carbonyl (C=O) groups excluding carboxylic acids is 2. The highest BCUT2D eigenvalue weighted by atomic mass is 32.2. The third kappa shape index (κ3) is 5.63. The van der Waals surface area contributed by atoms with E-state index in [1.165, 1.54) is 17.1 Å². The molecule has 0 aliphatic carbocycles. The molecule has 146 valence electrons. The van der Waals surface area contributed by atoms with E-state index < -0.39 is 15.9 Å². The van der Waals surface area contributed by atoms with E-state index in [2.05, 4.69) is 15.1 Å². The van der Waals surface area contributed by atoms with Crippen LogP contribution in [0.5, 0.6) is 0 Å². The number of anilines is 1. The molecule has 0 saturated heterocycles. The normalized spacial score (nSPS) is 11.4. The van der Waals surface area contributed by atoms with E-state index in [0.29, 0.717) is 16.8 Å². The molecule has 2 amide bonds. The van der Waals surface area contributed by atoms with Crippen LogP contribution in [0, 0.1) is 20.8 Å². The average Bonchev–Trinajstić information content (AvgIpc) is 2.91. The molecule has 2 aromatic rings. The number of carbonyl (C=O) groups is 2. The summed E-state index contributed by atoms with van der Waals surface area (Å²) in [4.78, 5) is 23.0. The zero-order valence-electron chi connectivity index (χ0n) is 15.4. The molecule has 10 heteroatoms. The third-order valence-corrected chi connectivity index (χ3v) is 5.52. The van der Waals surface area contributed by atoms with Crippen LogP contribution in [-0.4, -0.2) is 36.6 Å². The first-order valence-electron chi connectivity index (χ1n) is 8.26. The number of aromatic nitrogens is 2. The Kier molecular flexibility index (Phi) is 6.34. The van der Waals surface area contributed by atoms with Crippen molar-refractivity contribution in [3.63, 3.8) is 0 Å². The Bertz CT molecular complexity index is 942. The maximum absolute atomic E-state index is 12.5. The van der Waals surface area contributed by atoms with Crippen LogP contribution >= 0.6 is 0 Å². The lowest BCUT2D eigenvalue weighted by Crippen LogP contribution is -2.29. The molecule has 0 atom stereocenters. The van der Waals surface area contributed by atoms with Gasteiger partial charge in [-0.25, -0.2) is 13.1 Å². The summed E-state index contributed by atoms with van der Waals surface area (Å²) in [5.74, 6) is -0.930. The fraction of sp³-hybridized carbons (Fsp3) is 0.353. The Labute approximate surface area is 158 Å². The molecule has 0 radical (unpaired) electrons. The smallest absolute Gasteiger partial charge is 0.241 e. The Balaban J connectivity index is 1.92. The zero-order chi connectivity index (χ0) is 20.2. The number of nitrogens with two attached hydrogens (primary N) is 1. The SMILES string of the molecule is Cc1cc(C)c(S(=O)(=O)NCCC(=O)Nc2cnn(CC(N)=O)c2)c(C)c1. The number of rotatable bonds is 8. The summed E-state index contributed by atoms with van der Waals surface area (Å²) in [6.45, 7) is 5.25. The van der Waals surface area contributed by atoms with Gasteiger partial charge in [0.25, 0.3) is 0 Å². The molecule has 27 heavy (non-hydrogen) atoms. The van der Waals surface area contributed by atoms with Gasteiger partial charge in [0.1, 0.15) is 6.54 Å². The lowest BCUT2D eigenvalue weighted by Gasteiger charge is -2.13. The number of hydrogen-bond acceptors (Lipinski definition) is 5. The van der Waals surface area contributed by atoms with Gasteiger partial charge in [0.15, 0.2) is 0 Å². The number of benzene rings is 1. The van der Waals surface area contributed by atoms with E-state index in [1.54, 1.807) is 26.0 Å². The molecule has 1 aromatic heterocycles. The highest BCUT2D eigenvalue weighted by Crippen LogP contribution is 2.21. The Morgan fingerprint density at radius 3 is 2.41 bits per heavy atom. The van der Waals surface area contributed by atoms with Crippen molar-refractivity contribution in [2.45, 2.75) is 38.6 Å². The summed E-state index contributed by atoms with van der Waals surface area (Å²) < 4.78 is 28.8. The molecule has 0 unspecified atom stereocenters. The van der Waals surface area contributed by atoms with Crippen LogP contribution in [0.25, 0.3) is 0 Å². The van der Waals surface area contributed by atoms with Gasteiger partial charge in [0, 0.05) is 19.2 Å². The highest BCUT2D eigenvalue weighted by molar-refractivity contribution is 7.89. The van der Waals surface area contributed by atoms with E-state index in [0.717, 1.165) is 5.56 Å². The number of sulfonamides is 1. The van der Waals surface area contributed by atoms with Gasteiger partial charge >= 0.3 is 0 Å². The second kappa shape index (κ2) is 8.31. The first kappa shape index (κ1) is 20.6. The highest BCUT2D eigenvalue weighted by Gasteiger charge is 2.19. The summed E-state index contributed by atoms with van der Waals surface area (Å²) in [6, 6.07) is 3.61. The van der Waals surface area contributed by atoms with Crippen LogP contribution < -0.4 is 15.8 Å². The van der Waals surface area contributed by atoms with Crippen molar-refractivity contribution >= 4 is 27.5 Å². The van der Waals surface area contributed by atoms with Gasteiger partial charge in [-0.1, -0.05) is 17.7 Å². The van der Waals surface area contributed by atoms with Crippen LogP contribution in [0.3, 0.4) is 0 Å². The predicted molar refractivity (Wildman–Crippen MR) is 101 cm³/mol. The van der Waals surface area contributed by atoms with Crippen molar-refractivity contribution in [2.75, 3.05) is 11.9 Å². The number of primary amides is 1. The van der Waals surface area contributed by atoms with Crippen molar-refractivity contribution in [3.8, 4) is 0 Å². The Morgan fingerprint density at radius 1 is 1.19 bits per heavy atom. The lowest BCUT2D eigenvalue weighted by molar-refractivity contribution is -0.118. The van der Waals surface area contributed by atoms with Gasteiger partial charge in [-0.2, -0.15) is 5.10 Å². The minimum Gasteiger partial charge on any atom is -0.368 e. The van der Waals surface area contributed by atoms with E-state index in [-0.39, 0.29) is 30.3 Å². The van der Waals surface area contributed by atoms with Gasteiger partial charge in [-0.05, 0) is 31.9 Å². The summed E-state index contributed by atoms with van der Waals surface area (Å²) in [6.07, 6.45) is 2.79. The van der Waals surface area contributed by atoms with Crippen LogP contribution in [0.1, 0.15) is 23.1 Å². The molecular weight excluding hydrogens is 370 g/mol. The number of hydrogen-bond donors (Lipinski definition) is 3. The number of nitrogens with one attached hydrogen (secondary N) is 2. The van der Waals surface area contributed by atoms with Crippen molar-refractivity contribution in [1.29, 1.82) is 0 Å². The monoisotopic (exact) mass is 393 g/mol. The predicted octanol–water partition coefficient (Wildman–Crippen LogP) is 0.601. The molecule has 0 saturated carbocycles. The maximum Gasteiger partial charge on any atom is 0.241 e. The summed E-state index contributed by atoms with van der Waals surface area (Å²) in [7, 11) is -3.71. The molecular formula is C17H23N5O4S. The largest absolute Gasteiger partial charge is 0.368 e. The van der Waals surface area contributed by atoms with Crippen LogP contribution in [0.15, 0.2) is 29.4 Å². The second-order valence-electron chi connectivity index (χ2n) is 6.32.